The minimum absolute atomic E-state index is 0.0246. The van der Waals surface area contributed by atoms with Crippen LogP contribution in [-0.2, 0) is 16.1 Å². The molecule has 2 aromatic carbocycles. The number of hydrogen-bond acceptors (Lipinski definition) is 5. The lowest BCUT2D eigenvalue weighted by atomic mass is 10.2. The Hall–Kier alpha value is -1.95. The summed E-state index contributed by atoms with van der Waals surface area (Å²) in [7, 11) is 0. The summed E-state index contributed by atoms with van der Waals surface area (Å²) in [6.07, 6.45) is 2.00. The molecule has 0 N–H and O–H groups in total. The highest BCUT2D eigenvalue weighted by Gasteiger charge is 2.11. The second kappa shape index (κ2) is 8.62. The molecule has 134 valence electrons. The van der Waals surface area contributed by atoms with E-state index in [4.69, 9.17) is 32.7 Å². The Labute approximate surface area is 165 Å². The summed E-state index contributed by atoms with van der Waals surface area (Å²) in [6, 6.07) is 14.7. The first-order valence-electron chi connectivity index (χ1n) is 7.73. The van der Waals surface area contributed by atoms with Crippen LogP contribution in [0, 0.1) is 0 Å². The van der Waals surface area contributed by atoms with Gasteiger partial charge in [0.1, 0.15) is 17.5 Å². The zero-order valence-electron chi connectivity index (χ0n) is 13.9. The summed E-state index contributed by atoms with van der Waals surface area (Å²) in [6.45, 7) is -0.212. The Balaban J connectivity index is 1.62. The number of nitrogens with zero attached hydrogens (tertiary/aromatic N) is 1. The normalized spacial score (nSPS) is 10.7. The number of aromatic nitrogens is 1. The average Bonchev–Trinajstić information content (AvgIpc) is 2.65. The second-order valence-corrected chi connectivity index (χ2v) is 7.02. The predicted octanol–water partition coefficient (Wildman–Crippen LogP) is 5.39. The molecule has 0 spiro atoms. The van der Waals surface area contributed by atoms with Crippen LogP contribution < -0.4 is 4.74 Å². The average molecular weight is 408 g/mol. The Morgan fingerprint density at radius 2 is 1.96 bits per heavy atom. The number of esters is 1. The molecule has 0 saturated carbocycles. The van der Waals surface area contributed by atoms with Gasteiger partial charge < -0.3 is 9.47 Å². The Kier molecular flexibility index (Phi) is 6.25. The minimum Gasteiger partial charge on any atom is -0.480 e. The molecule has 0 fully saturated rings. The summed E-state index contributed by atoms with van der Waals surface area (Å²) in [4.78, 5) is 17.4. The van der Waals surface area contributed by atoms with Gasteiger partial charge in [-0.2, -0.15) is 0 Å². The molecule has 0 unspecified atom stereocenters. The van der Waals surface area contributed by atoms with Crippen molar-refractivity contribution in [2.75, 3.05) is 12.9 Å². The molecule has 0 aliphatic rings. The van der Waals surface area contributed by atoms with Crippen LogP contribution in [0.15, 0.2) is 53.4 Å². The van der Waals surface area contributed by atoms with E-state index in [1.54, 1.807) is 36.0 Å². The number of halogens is 2. The standard InChI is InChI=1S/C19H15Cl2NO3S/c1-26-14-7-6-12-8-13(19(21)22-16(12)9-14)10-25-18(23)11-24-17-5-3-2-4-15(17)20/h2-9H,10-11H2,1H3. The lowest BCUT2D eigenvalue weighted by molar-refractivity contribution is -0.147. The van der Waals surface area contributed by atoms with Gasteiger partial charge in [0.2, 0.25) is 0 Å². The number of hydrogen-bond donors (Lipinski definition) is 0. The van der Waals surface area contributed by atoms with Crippen LogP contribution in [-0.4, -0.2) is 23.8 Å². The summed E-state index contributed by atoms with van der Waals surface area (Å²) in [5.41, 5.74) is 1.45. The third-order valence-corrected chi connectivity index (χ3v) is 4.99. The van der Waals surface area contributed by atoms with Crippen molar-refractivity contribution in [1.29, 1.82) is 0 Å². The Morgan fingerprint density at radius 3 is 2.73 bits per heavy atom. The van der Waals surface area contributed by atoms with Crippen LogP contribution in [0.5, 0.6) is 5.75 Å². The first-order valence-corrected chi connectivity index (χ1v) is 9.71. The fraction of sp³-hybridized carbons (Fsp3) is 0.158. The van der Waals surface area contributed by atoms with Crippen molar-refractivity contribution >= 4 is 51.8 Å². The van der Waals surface area contributed by atoms with Crippen molar-refractivity contribution < 1.29 is 14.3 Å². The van der Waals surface area contributed by atoms with E-state index in [0.717, 1.165) is 15.8 Å². The smallest absolute Gasteiger partial charge is 0.344 e. The van der Waals surface area contributed by atoms with Gasteiger partial charge in [-0.15, -0.1) is 11.8 Å². The number of carbonyl (C=O) groups is 1. The van der Waals surface area contributed by atoms with Crippen LogP contribution >= 0.6 is 35.0 Å². The fourth-order valence-electron chi connectivity index (χ4n) is 2.29. The predicted molar refractivity (Wildman–Crippen MR) is 105 cm³/mol. The molecule has 0 aliphatic heterocycles. The molecule has 3 aromatic rings. The van der Waals surface area contributed by atoms with Gasteiger partial charge in [-0.1, -0.05) is 41.4 Å². The number of carbonyl (C=O) groups excluding carboxylic acids is 1. The maximum Gasteiger partial charge on any atom is 0.344 e. The second-order valence-electron chi connectivity index (χ2n) is 5.38. The quantitative estimate of drug-likeness (QED) is 0.311. The SMILES string of the molecule is CSc1ccc2cc(COC(=O)COc3ccccc3Cl)c(Cl)nc2c1. The minimum atomic E-state index is -0.515. The maximum atomic E-state index is 11.9. The van der Waals surface area contributed by atoms with Gasteiger partial charge >= 0.3 is 5.97 Å². The number of fused-ring (bicyclic) bond motifs is 1. The summed E-state index contributed by atoms with van der Waals surface area (Å²) in [5, 5.41) is 1.69. The van der Waals surface area contributed by atoms with E-state index < -0.39 is 5.97 Å². The Bertz CT molecular complexity index is 949. The summed E-state index contributed by atoms with van der Waals surface area (Å²) in [5.74, 6) is -0.0834. The van der Waals surface area contributed by atoms with Gasteiger partial charge in [-0.3, -0.25) is 0 Å². The number of thioether (sulfide) groups is 1. The van der Waals surface area contributed by atoms with Crippen molar-refractivity contribution in [2.45, 2.75) is 11.5 Å². The molecule has 0 bridgehead atoms. The van der Waals surface area contributed by atoms with Crippen LogP contribution in [0.2, 0.25) is 10.2 Å². The lowest BCUT2D eigenvalue weighted by Gasteiger charge is -2.10. The van der Waals surface area contributed by atoms with Gasteiger partial charge in [0.25, 0.3) is 0 Å². The van der Waals surface area contributed by atoms with Crippen molar-refractivity contribution in [3.8, 4) is 5.75 Å². The van der Waals surface area contributed by atoms with Crippen molar-refractivity contribution in [1.82, 2.24) is 4.98 Å². The molecule has 1 heterocycles. The zero-order chi connectivity index (χ0) is 18.5. The van der Waals surface area contributed by atoms with Crippen LogP contribution in [0.25, 0.3) is 10.9 Å². The van der Waals surface area contributed by atoms with Gasteiger partial charge in [-0.05, 0) is 36.6 Å². The van der Waals surface area contributed by atoms with Gasteiger partial charge in [-0.25, -0.2) is 9.78 Å². The zero-order valence-corrected chi connectivity index (χ0v) is 16.2. The first kappa shape index (κ1) is 18.8. The van der Waals surface area contributed by atoms with E-state index in [1.165, 1.54) is 0 Å². The molecule has 0 amide bonds. The number of ether oxygens (including phenoxy) is 2. The van der Waals surface area contributed by atoms with E-state index in [9.17, 15) is 4.79 Å². The molecule has 7 heteroatoms. The molecule has 0 atom stereocenters. The van der Waals surface area contributed by atoms with E-state index in [-0.39, 0.29) is 13.2 Å². The Morgan fingerprint density at radius 1 is 1.15 bits per heavy atom. The maximum absolute atomic E-state index is 11.9. The van der Waals surface area contributed by atoms with Crippen LogP contribution in [0.1, 0.15) is 5.56 Å². The first-order chi connectivity index (χ1) is 12.6. The number of pyridine rings is 1. The van der Waals surface area contributed by atoms with Gasteiger partial charge in [0.05, 0.1) is 10.5 Å². The molecule has 26 heavy (non-hydrogen) atoms. The third kappa shape index (κ3) is 4.61. The molecule has 4 nitrogen and oxygen atoms in total. The largest absolute Gasteiger partial charge is 0.480 e. The number of benzene rings is 2. The highest BCUT2D eigenvalue weighted by atomic mass is 35.5. The third-order valence-electron chi connectivity index (χ3n) is 3.62. The molecule has 0 radical (unpaired) electrons. The molecule has 1 aromatic heterocycles. The topological polar surface area (TPSA) is 48.4 Å². The number of rotatable bonds is 6. The molecule has 0 aliphatic carbocycles. The number of para-hydroxylation sites is 1. The van der Waals surface area contributed by atoms with Gasteiger partial charge in [0.15, 0.2) is 6.61 Å². The van der Waals surface area contributed by atoms with E-state index in [2.05, 4.69) is 4.98 Å². The fourth-order valence-corrected chi connectivity index (χ4v) is 3.12. The highest BCUT2D eigenvalue weighted by molar-refractivity contribution is 7.98. The lowest BCUT2D eigenvalue weighted by Crippen LogP contribution is -2.15. The van der Waals surface area contributed by atoms with Gasteiger partial charge in [0, 0.05) is 15.8 Å². The highest BCUT2D eigenvalue weighted by Crippen LogP contribution is 2.26. The van der Waals surface area contributed by atoms with Crippen molar-refractivity contribution in [3.05, 3.63) is 64.3 Å². The van der Waals surface area contributed by atoms with E-state index in [0.29, 0.717) is 21.5 Å². The van der Waals surface area contributed by atoms with E-state index in [1.807, 2.05) is 30.5 Å². The van der Waals surface area contributed by atoms with Crippen molar-refractivity contribution in [3.63, 3.8) is 0 Å². The summed E-state index contributed by atoms with van der Waals surface area (Å²) < 4.78 is 10.6. The van der Waals surface area contributed by atoms with E-state index >= 15 is 0 Å². The molecular weight excluding hydrogens is 393 g/mol. The molecular formula is C19H15Cl2NO3S. The van der Waals surface area contributed by atoms with Crippen LogP contribution in [0.3, 0.4) is 0 Å². The monoisotopic (exact) mass is 407 g/mol. The van der Waals surface area contributed by atoms with Crippen LogP contribution in [0.4, 0.5) is 0 Å². The summed E-state index contributed by atoms with van der Waals surface area (Å²) >= 11 is 13.8. The molecule has 0 saturated heterocycles. The molecule has 3 rings (SSSR count). The van der Waals surface area contributed by atoms with Crippen molar-refractivity contribution in [2.24, 2.45) is 0 Å².